The minimum atomic E-state index is 0.0803. The molecule has 0 aromatic heterocycles. The van der Waals surface area contributed by atoms with Gasteiger partial charge in [0.1, 0.15) is 0 Å². The van der Waals surface area contributed by atoms with Gasteiger partial charge in [0.25, 0.3) is 0 Å². The van der Waals surface area contributed by atoms with E-state index in [-0.39, 0.29) is 11.5 Å². The van der Waals surface area contributed by atoms with Gasteiger partial charge in [0.2, 0.25) is 0 Å². The quantitative estimate of drug-likeness (QED) is 0.537. The highest BCUT2D eigenvalue weighted by molar-refractivity contribution is 7.16. The van der Waals surface area contributed by atoms with Crippen LogP contribution in [0.1, 0.15) is 25.0 Å². The topological polar surface area (TPSA) is 9.23 Å². The molecule has 0 heterocycles. The Morgan fingerprint density at radius 3 is 2.55 bits per heavy atom. The van der Waals surface area contributed by atoms with Crippen LogP contribution in [0.4, 0.5) is 0 Å². The lowest BCUT2D eigenvalue weighted by molar-refractivity contribution is 0.0733. The Hall–Kier alpha value is -1.17. The number of allylic oxidation sites excluding steroid dienone is 1. The molecule has 2 aromatic rings. The van der Waals surface area contributed by atoms with Crippen molar-refractivity contribution >= 4 is 20.0 Å². The van der Waals surface area contributed by atoms with E-state index in [1.54, 1.807) is 7.11 Å². The van der Waals surface area contributed by atoms with Crippen LogP contribution in [0, 0.1) is 5.41 Å². The Bertz CT molecular complexity index is 593. The largest absolute Gasteiger partial charge is 0.377 e. The first-order valence-electron chi connectivity index (χ1n) is 6.97. The van der Waals surface area contributed by atoms with Crippen LogP contribution < -0.4 is 0 Å². The molecule has 1 nitrogen and oxygen atoms in total. The number of rotatable bonds is 6. The minimum Gasteiger partial charge on any atom is -0.377 e. The second-order valence-electron chi connectivity index (χ2n) is 5.60. The normalized spacial score (nSPS) is 15.8. The second-order valence-corrected chi connectivity index (χ2v) is 6.01. The van der Waals surface area contributed by atoms with Crippen molar-refractivity contribution in [1.29, 1.82) is 0 Å². The van der Waals surface area contributed by atoms with Gasteiger partial charge >= 0.3 is 0 Å². The van der Waals surface area contributed by atoms with E-state index in [9.17, 15) is 0 Å². The molecule has 3 atom stereocenters. The van der Waals surface area contributed by atoms with E-state index >= 15 is 0 Å². The van der Waals surface area contributed by atoms with Gasteiger partial charge in [-0.15, -0.1) is 15.8 Å². The Balaban J connectivity index is 2.31. The minimum absolute atomic E-state index is 0.0803. The molecular formula is C18H23OP. The van der Waals surface area contributed by atoms with Gasteiger partial charge in [-0.1, -0.05) is 49.4 Å². The van der Waals surface area contributed by atoms with Gasteiger partial charge in [-0.2, -0.15) is 0 Å². The molecule has 0 aliphatic heterocycles. The van der Waals surface area contributed by atoms with E-state index < -0.39 is 0 Å². The highest BCUT2D eigenvalue weighted by Crippen LogP contribution is 2.35. The zero-order valence-corrected chi connectivity index (χ0v) is 13.5. The Morgan fingerprint density at radius 1 is 1.25 bits per heavy atom. The lowest BCUT2D eigenvalue weighted by Gasteiger charge is -2.29. The van der Waals surface area contributed by atoms with Crippen LogP contribution in [0.5, 0.6) is 0 Å². The predicted molar refractivity (Wildman–Crippen MR) is 91.2 cm³/mol. The van der Waals surface area contributed by atoms with E-state index in [0.29, 0.717) is 0 Å². The lowest BCUT2D eigenvalue weighted by Crippen LogP contribution is -2.20. The highest BCUT2D eigenvalue weighted by atomic mass is 31.0. The van der Waals surface area contributed by atoms with E-state index in [4.69, 9.17) is 4.74 Å². The molecular weight excluding hydrogens is 263 g/mol. The van der Waals surface area contributed by atoms with E-state index in [1.807, 2.05) is 6.08 Å². The Morgan fingerprint density at radius 2 is 1.95 bits per heavy atom. The predicted octanol–water partition coefficient (Wildman–Crippen LogP) is 4.98. The SMILES string of the molecule is C=C[C@@](C)(CP)CC(OC)c1ccc2ccccc2c1. The molecule has 0 amide bonds. The first kappa shape index (κ1) is 15.2. The number of benzene rings is 2. The number of methoxy groups -OCH3 is 1. The number of hydrogen-bond donors (Lipinski definition) is 0. The van der Waals surface area contributed by atoms with E-state index in [2.05, 4.69) is 65.2 Å². The fourth-order valence-corrected chi connectivity index (χ4v) is 2.75. The standard InChI is InChI=1S/C18H23OP/c1-4-18(2,13-20)12-17(19-3)16-10-9-14-7-5-6-8-15(14)11-16/h4-11,17H,1,12-13,20H2,2-3H3/t17?,18-/m1/s1. The fraction of sp³-hybridized carbons (Fsp3) is 0.333. The average Bonchev–Trinajstić information content (AvgIpc) is 2.52. The van der Waals surface area contributed by atoms with Crippen molar-refractivity contribution < 1.29 is 4.74 Å². The van der Waals surface area contributed by atoms with Gasteiger partial charge < -0.3 is 4.74 Å². The maximum Gasteiger partial charge on any atom is 0.0829 e. The van der Waals surface area contributed by atoms with E-state index in [1.165, 1.54) is 16.3 Å². The molecule has 2 unspecified atom stereocenters. The van der Waals surface area contributed by atoms with Crippen LogP contribution >= 0.6 is 9.24 Å². The van der Waals surface area contributed by atoms with Gasteiger partial charge in [0.05, 0.1) is 6.10 Å². The number of ether oxygens (including phenoxy) is 1. The summed E-state index contributed by atoms with van der Waals surface area (Å²) in [6, 6.07) is 15.0. The number of hydrogen-bond acceptors (Lipinski definition) is 1. The molecule has 0 saturated heterocycles. The third kappa shape index (κ3) is 3.29. The third-order valence-electron chi connectivity index (χ3n) is 4.04. The van der Waals surface area contributed by atoms with Crippen molar-refractivity contribution in [3.8, 4) is 0 Å². The van der Waals surface area contributed by atoms with Gasteiger partial charge in [0.15, 0.2) is 0 Å². The maximum atomic E-state index is 5.73. The third-order valence-corrected chi connectivity index (χ3v) is 4.97. The fourth-order valence-electron chi connectivity index (χ4n) is 2.42. The zero-order valence-electron chi connectivity index (χ0n) is 12.3. The molecule has 0 aliphatic rings. The van der Waals surface area contributed by atoms with Crippen molar-refractivity contribution in [2.24, 2.45) is 5.41 Å². The maximum absolute atomic E-state index is 5.73. The van der Waals surface area contributed by atoms with Crippen LogP contribution in [0.15, 0.2) is 55.1 Å². The first-order chi connectivity index (χ1) is 9.61. The lowest BCUT2D eigenvalue weighted by atomic mass is 9.84. The molecule has 0 bridgehead atoms. The van der Waals surface area contributed by atoms with Gasteiger partial charge in [-0.25, -0.2) is 0 Å². The first-order valence-corrected chi connectivity index (χ1v) is 7.79. The summed E-state index contributed by atoms with van der Waals surface area (Å²) in [7, 11) is 4.60. The van der Waals surface area contributed by atoms with Crippen LogP contribution in [0.25, 0.3) is 10.8 Å². The molecule has 0 radical (unpaired) electrons. The number of fused-ring (bicyclic) bond motifs is 1. The zero-order chi connectivity index (χ0) is 14.6. The molecule has 2 heteroatoms. The highest BCUT2D eigenvalue weighted by Gasteiger charge is 2.24. The second kappa shape index (κ2) is 6.52. The molecule has 0 N–H and O–H groups in total. The van der Waals surface area contributed by atoms with Crippen molar-refractivity contribution in [2.45, 2.75) is 19.4 Å². The van der Waals surface area contributed by atoms with Gasteiger partial charge in [-0.05, 0) is 40.4 Å². The van der Waals surface area contributed by atoms with Gasteiger partial charge in [0, 0.05) is 7.11 Å². The molecule has 106 valence electrons. The molecule has 0 aliphatic carbocycles. The van der Waals surface area contributed by atoms with Crippen molar-refractivity contribution in [3.63, 3.8) is 0 Å². The Kier molecular flexibility index (Phi) is 4.96. The van der Waals surface area contributed by atoms with Crippen LogP contribution in [-0.4, -0.2) is 13.3 Å². The summed E-state index contributed by atoms with van der Waals surface area (Å²) in [6.07, 6.45) is 4.06. The molecule has 0 saturated carbocycles. The summed E-state index contributed by atoms with van der Waals surface area (Å²) < 4.78 is 5.73. The van der Waals surface area contributed by atoms with Crippen LogP contribution in [0.2, 0.25) is 0 Å². The van der Waals surface area contributed by atoms with Gasteiger partial charge in [-0.3, -0.25) is 0 Å². The molecule has 0 spiro atoms. The summed E-state index contributed by atoms with van der Waals surface area (Å²) in [5.41, 5.74) is 1.31. The molecule has 0 fully saturated rings. The van der Waals surface area contributed by atoms with E-state index in [0.717, 1.165) is 12.6 Å². The average molecular weight is 286 g/mol. The summed E-state index contributed by atoms with van der Waals surface area (Å²) >= 11 is 0. The smallest absolute Gasteiger partial charge is 0.0829 e. The summed E-state index contributed by atoms with van der Waals surface area (Å²) in [5, 5.41) is 2.53. The van der Waals surface area contributed by atoms with Crippen molar-refractivity contribution in [3.05, 3.63) is 60.7 Å². The van der Waals surface area contributed by atoms with Crippen LogP contribution in [-0.2, 0) is 4.74 Å². The monoisotopic (exact) mass is 286 g/mol. The summed E-state index contributed by atoms with van der Waals surface area (Å²) in [6.45, 7) is 6.19. The summed E-state index contributed by atoms with van der Waals surface area (Å²) in [4.78, 5) is 0. The Labute approximate surface area is 124 Å². The van der Waals surface area contributed by atoms with Crippen molar-refractivity contribution in [2.75, 3.05) is 13.3 Å². The van der Waals surface area contributed by atoms with Crippen LogP contribution in [0.3, 0.4) is 0 Å². The van der Waals surface area contributed by atoms with Crippen molar-refractivity contribution in [1.82, 2.24) is 0 Å². The molecule has 2 aromatic carbocycles. The molecule has 2 rings (SSSR count). The molecule has 20 heavy (non-hydrogen) atoms. The summed E-state index contributed by atoms with van der Waals surface area (Å²) in [5.74, 6) is 0.